The second kappa shape index (κ2) is 6.69. The zero-order valence-corrected chi connectivity index (χ0v) is 12.4. The van der Waals surface area contributed by atoms with Crippen molar-refractivity contribution in [3.63, 3.8) is 0 Å². The molecule has 0 spiro atoms. The summed E-state index contributed by atoms with van der Waals surface area (Å²) in [5.74, 6) is -0.440. The third-order valence-corrected chi connectivity index (χ3v) is 3.96. The van der Waals surface area contributed by atoms with Crippen LogP contribution in [0.25, 0.3) is 0 Å². The number of carbonyl (C=O) groups is 1. The molecule has 1 aliphatic heterocycles. The SMILES string of the molecule is O=C(c1cc([N+](=O)[O-])c(Cl)c([N+](=O)[O-])c1)N1CCCCCC1. The largest absolute Gasteiger partial charge is 0.339 e. The lowest BCUT2D eigenvalue weighted by Crippen LogP contribution is -2.31. The van der Waals surface area contributed by atoms with E-state index >= 15 is 0 Å². The normalized spacial score (nSPS) is 15.2. The zero-order valence-electron chi connectivity index (χ0n) is 11.7. The molecule has 22 heavy (non-hydrogen) atoms. The van der Waals surface area contributed by atoms with E-state index in [0.29, 0.717) is 13.1 Å². The van der Waals surface area contributed by atoms with Crippen molar-refractivity contribution in [2.45, 2.75) is 25.7 Å². The number of hydrogen-bond acceptors (Lipinski definition) is 5. The van der Waals surface area contributed by atoms with Crippen LogP contribution in [0.3, 0.4) is 0 Å². The van der Waals surface area contributed by atoms with Gasteiger partial charge in [-0.2, -0.15) is 0 Å². The summed E-state index contributed by atoms with van der Waals surface area (Å²) in [6.45, 7) is 1.09. The van der Waals surface area contributed by atoms with E-state index in [0.717, 1.165) is 37.8 Å². The van der Waals surface area contributed by atoms with E-state index in [1.807, 2.05) is 0 Å². The Hall–Kier alpha value is -2.22. The maximum absolute atomic E-state index is 12.5. The fraction of sp³-hybridized carbons (Fsp3) is 0.462. The molecule has 0 saturated carbocycles. The topological polar surface area (TPSA) is 107 Å². The Morgan fingerprint density at radius 1 is 1.00 bits per heavy atom. The van der Waals surface area contributed by atoms with Gasteiger partial charge in [0.25, 0.3) is 17.3 Å². The summed E-state index contributed by atoms with van der Waals surface area (Å²) in [6.07, 6.45) is 3.74. The number of nitro groups is 2. The Kier molecular flexibility index (Phi) is 4.92. The van der Waals surface area contributed by atoms with Crippen LogP contribution in [0.2, 0.25) is 5.02 Å². The number of carbonyl (C=O) groups excluding carboxylic acids is 1. The van der Waals surface area contributed by atoms with Gasteiger partial charge in [0.2, 0.25) is 0 Å². The molecule has 0 aromatic heterocycles. The van der Waals surface area contributed by atoms with E-state index in [1.165, 1.54) is 0 Å². The van der Waals surface area contributed by atoms with E-state index in [4.69, 9.17) is 11.6 Å². The van der Waals surface area contributed by atoms with Crippen LogP contribution in [0.4, 0.5) is 11.4 Å². The number of hydrogen-bond donors (Lipinski definition) is 0. The summed E-state index contributed by atoms with van der Waals surface area (Å²) in [7, 11) is 0. The molecule has 1 aromatic rings. The molecule has 0 unspecified atom stereocenters. The smallest absolute Gasteiger partial charge is 0.295 e. The highest BCUT2D eigenvalue weighted by Crippen LogP contribution is 2.35. The number of nitrogens with zero attached hydrogens (tertiary/aromatic N) is 3. The van der Waals surface area contributed by atoms with Crippen molar-refractivity contribution < 1.29 is 14.6 Å². The lowest BCUT2D eigenvalue weighted by molar-refractivity contribution is -0.393. The molecule has 0 radical (unpaired) electrons. The molecule has 8 nitrogen and oxygen atoms in total. The van der Waals surface area contributed by atoms with Crippen LogP contribution in [-0.2, 0) is 0 Å². The Bertz CT molecular complexity index is 591. The Morgan fingerprint density at radius 3 is 1.86 bits per heavy atom. The predicted octanol–water partition coefficient (Wildman–Crippen LogP) is 3.17. The third kappa shape index (κ3) is 3.33. The van der Waals surface area contributed by atoms with Crippen molar-refractivity contribution in [3.05, 3.63) is 42.9 Å². The second-order valence-corrected chi connectivity index (χ2v) is 5.43. The molecular formula is C13H14ClN3O5. The molecule has 9 heteroatoms. The van der Waals surface area contributed by atoms with Crippen LogP contribution in [0.5, 0.6) is 0 Å². The van der Waals surface area contributed by atoms with E-state index in [-0.39, 0.29) is 5.56 Å². The molecule has 1 amide bonds. The van der Waals surface area contributed by atoms with Gasteiger partial charge < -0.3 is 4.90 Å². The number of halogens is 1. The zero-order chi connectivity index (χ0) is 16.3. The van der Waals surface area contributed by atoms with Crippen LogP contribution in [0.1, 0.15) is 36.0 Å². The van der Waals surface area contributed by atoms with Gasteiger partial charge in [-0.3, -0.25) is 25.0 Å². The average Bonchev–Trinajstić information content (AvgIpc) is 2.75. The molecule has 1 aliphatic rings. The molecular weight excluding hydrogens is 314 g/mol. The highest BCUT2D eigenvalue weighted by molar-refractivity contribution is 6.35. The molecule has 1 aromatic carbocycles. The van der Waals surface area contributed by atoms with Gasteiger partial charge >= 0.3 is 0 Å². The predicted molar refractivity (Wildman–Crippen MR) is 79.1 cm³/mol. The summed E-state index contributed by atoms with van der Waals surface area (Å²) in [6, 6.07) is 2.01. The lowest BCUT2D eigenvalue weighted by atomic mass is 10.1. The first-order valence-corrected chi connectivity index (χ1v) is 7.21. The van der Waals surface area contributed by atoms with Crippen LogP contribution < -0.4 is 0 Å². The minimum absolute atomic E-state index is 0.0790. The first kappa shape index (κ1) is 16.2. The van der Waals surface area contributed by atoms with Gasteiger partial charge in [-0.25, -0.2) is 0 Å². The van der Waals surface area contributed by atoms with Crippen molar-refractivity contribution >= 4 is 28.9 Å². The highest BCUT2D eigenvalue weighted by atomic mass is 35.5. The van der Waals surface area contributed by atoms with Gasteiger partial charge in [-0.1, -0.05) is 24.4 Å². The maximum atomic E-state index is 12.5. The summed E-state index contributed by atoms with van der Waals surface area (Å²) < 4.78 is 0. The number of rotatable bonds is 3. The molecule has 118 valence electrons. The molecule has 2 rings (SSSR count). The molecule has 1 fully saturated rings. The van der Waals surface area contributed by atoms with Gasteiger partial charge in [0, 0.05) is 25.2 Å². The molecule has 0 atom stereocenters. The first-order valence-electron chi connectivity index (χ1n) is 6.83. The Labute approximate surface area is 131 Å². The minimum Gasteiger partial charge on any atom is -0.339 e. The van der Waals surface area contributed by atoms with Crippen molar-refractivity contribution in [2.24, 2.45) is 0 Å². The maximum Gasteiger partial charge on any atom is 0.295 e. The molecule has 1 heterocycles. The second-order valence-electron chi connectivity index (χ2n) is 5.05. The average molecular weight is 328 g/mol. The van der Waals surface area contributed by atoms with E-state index in [9.17, 15) is 25.0 Å². The summed E-state index contributed by atoms with van der Waals surface area (Å²) in [4.78, 5) is 34.3. The van der Waals surface area contributed by atoms with Crippen LogP contribution >= 0.6 is 11.6 Å². The van der Waals surface area contributed by atoms with E-state index in [2.05, 4.69) is 0 Å². The van der Waals surface area contributed by atoms with Gasteiger partial charge in [0.15, 0.2) is 5.02 Å². The van der Waals surface area contributed by atoms with Crippen molar-refractivity contribution in [1.82, 2.24) is 4.90 Å². The fourth-order valence-electron chi connectivity index (χ4n) is 2.44. The number of likely N-dealkylation sites (tertiary alicyclic amines) is 1. The monoisotopic (exact) mass is 327 g/mol. The third-order valence-electron chi connectivity index (χ3n) is 3.57. The van der Waals surface area contributed by atoms with Gasteiger partial charge in [0.05, 0.1) is 15.4 Å². The van der Waals surface area contributed by atoms with Crippen molar-refractivity contribution in [1.29, 1.82) is 0 Å². The van der Waals surface area contributed by atoms with E-state index < -0.39 is 32.2 Å². The van der Waals surface area contributed by atoms with Gasteiger partial charge in [-0.15, -0.1) is 0 Å². The number of amides is 1. The van der Waals surface area contributed by atoms with Crippen molar-refractivity contribution in [2.75, 3.05) is 13.1 Å². The Balaban J connectivity index is 2.43. The van der Waals surface area contributed by atoms with E-state index in [1.54, 1.807) is 4.90 Å². The minimum atomic E-state index is -0.825. The van der Waals surface area contributed by atoms with Crippen LogP contribution in [0.15, 0.2) is 12.1 Å². The highest BCUT2D eigenvalue weighted by Gasteiger charge is 2.28. The van der Waals surface area contributed by atoms with Gasteiger partial charge in [-0.05, 0) is 12.8 Å². The fourth-order valence-corrected chi connectivity index (χ4v) is 2.69. The molecule has 0 aliphatic carbocycles. The summed E-state index contributed by atoms with van der Waals surface area (Å²) in [5.41, 5.74) is -1.34. The Morgan fingerprint density at radius 2 is 1.45 bits per heavy atom. The quantitative estimate of drug-likeness (QED) is 0.626. The molecule has 0 bridgehead atoms. The van der Waals surface area contributed by atoms with Gasteiger partial charge in [0.1, 0.15) is 0 Å². The standard InChI is InChI=1S/C13H14ClN3O5/c14-12-10(16(19)20)7-9(8-11(12)17(21)22)13(18)15-5-3-1-2-4-6-15/h7-8H,1-6H2. The van der Waals surface area contributed by atoms with Crippen LogP contribution in [0, 0.1) is 20.2 Å². The summed E-state index contributed by atoms with van der Waals surface area (Å²) >= 11 is 5.68. The first-order chi connectivity index (χ1) is 10.4. The molecule has 0 N–H and O–H groups in total. The number of benzene rings is 1. The van der Waals surface area contributed by atoms with Crippen molar-refractivity contribution in [3.8, 4) is 0 Å². The molecule has 1 saturated heterocycles. The van der Waals surface area contributed by atoms with Crippen LogP contribution in [-0.4, -0.2) is 33.7 Å². The number of nitro benzene ring substituents is 2. The lowest BCUT2D eigenvalue weighted by Gasteiger charge is -2.20. The summed E-state index contributed by atoms with van der Waals surface area (Å²) in [5, 5.41) is 21.4.